The summed E-state index contributed by atoms with van der Waals surface area (Å²) < 4.78 is 4.75. The first-order valence-electron chi connectivity index (χ1n) is 6.96. The molecule has 0 saturated heterocycles. The van der Waals surface area contributed by atoms with Gasteiger partial charge in [0.2, 0.25) is 0 Å². The van der Waals surface area contributed by atoms with Crippen LogP contribution in [0.15, 0.2) is 51.7 Å². The molecular weight excluding hydrogens is 296 g/mol. The van der Waals surface area contributed by atoms with Gasteiger partial charge in [0.05, 0.1) is 0 Å². The molecule has 0 radical (unpaired) electrons. The molecule has 0 fully saturated rings. The van der Waals surface area contributed by atoms with Crippen LogP contribution in [0.4, 0.5) is 0 Å². The van der Waals surface area contributed by atoms with Crippen molar-refractivity contribution in [3.05, 3.63) is 53.1 Å². The number of hydrogen-bond donors (Lipinski definition) is 1. The molecule has 1 heterocycles. The van der Waals surface area contributed by atoms with Crippen LogP contribution >= 0.6 is 23.1 Å². The summed E-state index contributed by atoms with van der Waals surface area (Å²) >= 11 is 3.49. The highest BCUT2D eigenvalue weighted by atomic mass is 32.2. The first kappa shape index (κ1) is 16.1. The number of rotatable bonds is 4. The molecule has 1 aromatic carbocycles. The Morgan fingerprint density at radius 1 is 1.43 bits per heavy atom. The highest BCUT2D eigenvalue weighted by molar-refractivity contribution is 8.04. The van der Waals surface area contributed by atoms with E-state index < -0.39 is 0 Å². The third kappa shape index (κ3) is 3.34. The molecule has 1 atom stereocenters. The zero-order chi connectivity index (χ0) is 15.6. The lowest BCUT2D eigenvalue weighted by atomic mass is 10.1. The van der Waals surface area contributed by atoms with Crippen LogP contribution in [0.1, 0.15) is 19.5 Å². The highest BCUT2D eigenvalue weighted by Crippen LogP contribution is 2.34. The Labute approximate surface area is 135 Å². The van der Waals surface area contributed by atoms with Crippen LogP contribution in [0.5, 0.6) is 0 Å². The number of hydrogen-bond acceptors (Lipinski definition) is 2. The van der Waals surface area contributed by atoms with Gasteiger partial charge in [-0.15, -0.1) is 4.57 Å². The lowest BCUT2D eigenvalue weighted by Gasteiger charge is -2.10. The number of allylic oxidation sites excluding steroid dienone is 1. The Morgan fingerprint density at radius 2 is 2.10 bits per heavy atom. The minimum Gasteiger partial charge on any atom is -0.324 e. The van der Waals surface area contributed by atoms with E-state index in [1.165, 1.54) is 20.1 Å². The molecular formula is C17H22N2S2+2. The monoisotopic (exact) mass is 318 g/mol. The van der Waals surface area contributed by atoms with E-state index in [0.717, 1.165) is 10.5 Å². The molecule has 110 valence electrons. The van der Waals surface area contributed by atoms with Crippen LogP contribution in [-0.2, 0) is 7.05 Å². The largest absolute Gasteiger partial charge is 0.501 e. The standard InChI is InChI=1S/C17H22N2S2/c1-6-14(11(2)18)13(4)20-17-19(5)12(3)15-9-7-8-10-16(15)21-17/h6-11H,4,18H2,1-3,5H3/q+2/b14-6-. The minimum absolute atomic E-state index is 0.00635. The molecule has 0 aliphatic rings. The molecule has 0 aliphatic heterocycles. The molecule has 4 heteroatoms. The summed E-state index contributed by atoms with van der Waals surface area (Å²) in [4.78, 5) is 1.02. The zero-order valence-electron chi connectivity index (χ0n) is 13.0. The summed E-state index contributed by atoms with van der Waals surface area (Å²) in [5.74, 6) is 0. The summed E-state index contributed by atoms with van der Waals surface area (Å²) in [7, 11) is 2.11. The highest BCUT2D eigenvalue weighted by Gasteiger charge is 2.29. The summed E-state index contributed by atoms with van der Waals surface area (Å²) in [6, 6.07) is 8.51. The second kappa shape index (κ2) is 6.69. The van der Waals surface area contributed by atoms with Crippen molar-refractivity contribution in [2.75, 3.05) is 0 Å². The number of thioether (sulfide) groups is 1. The van der Waals surface area contributed by atoms with Gasteiger partial charge in [-0.1, -0.05) is 24.8 Å². The number of fused-ring (bicyclic) bond motifs is 1. The van der Waals surface area contributed by atoms with Crippen molar-refractivity contribution in [3.63, 3.8) is 0 Å². The molecule has 2 rings (SSSR count). The third-order valence-electron chi connectivity index (χ3n) is 3.59. The number of aryl methyl sites for hydroxylation is 1. The van der Waals surface area contributed by atoms with E-state index in [1.807, 2.05) is 13.8 Å². The van der Waals surface area contributed by atoms with Crippen LogP contribution in [0.2, 0.25) is 0 Å². The Balaban J connectivity index is 2.44. The molecule has 0 bridgehead atoms. The third-order valence-corrected chi connectivity index (χ3v) is 6.04. The van der Waals surface area contributed by atoms with Crippen LogP contribution in [0.3, 0.4) is 0 Å². The smallest absolute Gasteiger partial charge is 0.324 e. The molecule has 1 unspecified atom stereocenters. The van der Waals surface area contributed by atoms with Crippen LogP contribution in [0, 0.1) is 6.92 Å². The average Bonchev–Trinajstić information content (AvgIpc) is 2.45. The van der Waals surface area contributed by atoms with E-state index in [-0.39, 0.29) is 6.04 Å². The lowest BCUT2D eigenvalue weighted by Crippen LogP contribution is -2.34. The summed E-state index contributed by atoms with van der Waals surface area (Å²) in [5.41, 5.74) is 8.39. The number of aromatic nitrogens is 1. The molecule has 2 nitrogen and oxygen atoms in total. The second-order valence-corrected chi connectivity index (χ2v) is 7.44. The normalized spacial score (nSPS) is 13.5. The molecule has 1 aromatic heterocycles. The fourth-order valence-electron chi connectivity index (χ4n) is 2.27. The van der Waals surface area contributed by atoms with Crippen molar-refractivity contribution in [2.45, 2.75) is 31.2 Å². The number of nitrogens with two attached hydrogens (primary N) is 1. The minimum atomic E-state index is 0.00635. The molecule has 2 N–H and O–H groups in total. The van der Waals surface area contributed by atoms with Crippen molar-refractivity contribution < 1.29 is 4.57 Å². The lowest BCUT2D eigenvalue weighted by molar-refractivity contribution is -0.708. The van der Waals surface area contributed by atoms with Gasteiger partial charge in [0.25, 0.3) is 4.70 Å². The van der Waals surface area contributed by atoms with Crippen molar-refractivity contribution in [3.8, 4) is 0 Å². The van der Waals surface area contributed by atoms with E-state index in [2.05, 4.69) is 55.5 Å². The molecule has 0 amide bonds. The zero-order valence-corrected chi connectivity index (χ0v) is 14.6. The predicted molar refractivity (Wildman–Crippen MR) is 94.5 cm³/mol. The predicted octanol–water partition coefficient (Wildman–Crippen LogP) is 4.21. The van der Waals surface area contributed by atoms with Crippen LogP contribution < -0.4 is 10.3 Å². The van der Waals surface area contributed by atoms with Crippen molar-refractivity contribution in [1.82, 2.24) is 0 Å². The summed E-state index contributed by atoms with van der Waals surface area (Å²) in [6.07, 6.45) is 2.05. The van der Waals surface area contributed by atoms with Gasteiger partial charge in [0.1, 0.15) is 12.4 Å². The van der Waals surface area contributed by atoms with Gasteiger partial charge < -0.3 is 5.73 Å². The average molecular weight is 319 g/mol. The van der Waals surface area contributed by atoms with E-state index in [9.17, 15) is 0 Å². The first-order chi connectivity index (χ1) is 9.95. The number of nitrogens with zero attached hydrogens (tertiary/aromatic N) is 1. The summed E-state index contributed by atoms with van der Waals surface area (Å²) in [6.45, 7) is 10.4. The Bertz CT molecular complexity index is 718. The molecule has 21 heavy (non-hydrogen) atoms. The van der Waals surface area contributed by atoms with Crippen LogP contribution in [0.25, 0.3) is 10.1 Å². The fourth-order valence-corrected chi connectivity index (χ4v) is 4.84. The van der Waals surface area contributed by atoms with E-state index in [4.69, 9.17) is 5.73 Å². The SMILES string of the molecule is C=C(Sc1[s+]c2ccccc2c(C)[n+]1C)/C(=C\C)C(C)N. The van der Waals surface area contributed by atoms with Gasteiger partial charge in [0.15, 0.2) is 5.69 Å². The van der Waals surface area contributed by atoms with Crippen molar-refractivity contribution in [1.29, 1.82) is 0 Å². The quantitative estimate of drug-likeness (QED) is 0.396. The molecule has 0 aliphatic carbocycles. The molecule has 0 spiro atoms. The summed E-state index contributed by atoms with van der Waals surface area (Å²) in [5, 5.41) is 1.30. The van der Waals surface area contributed by atoms with Gasteiger partial charge in [-0.2, -0.15) is 0 Å². The molecule has 0 saturated carbocycles. The maximum atomic E-state index is 6.01. The first-order valence-corrected chi connectivity index (χ1v) is 8.59. The van der Waals surface area contributed by atoms with Gasteiger partial charge in [-0.3, -0.25) is 0 Å². The van der Waals surface area contributed by atoms with E-state index >= 15 is 0 Å². The molecule has 2 aromatic rings. The maximum absolute atomic E-state index is 6.01. The van der Waals surface area contributed by atoms with Crippen molar-refractivity contribution in [2.24, 2.45) is 12.8 Å². The fraction of sp³-hybridized carbons (Fsp3) is 0.294. The van der Waals surface area contributed by atoms with Gasteiger partial charge >= 0.3 is 15.7 Å². The second-order valence-electron chi connectivity index (χ2n) is 5.07. The van der Waals surface area contributed by atoms with Gasteiger partial charge in [-0.05, 0) is 25.5 Å². The van der Waals surface area contributed by atoms with Gasteiger partial charge in [-0.25, -0.2) is 0 Å². The van der Waals surface area contributed by atoms with E-state index in [0.29, 0.717) is 0 Å². The Hall–Kier alpha value is -1.23. The Kier molecular flexibility index (Phi) is 5.14. The van der Waals surface area contributed by atoms with Crippen LogP contribution in [-0.4, -0.2) is 6.04 Å². The van der Waals surface area contributed by atoms with Gasteiger partial charge in [0, 0.05) is 35.7 Å². The maximum Gasteiger partial charge on any atom is 0.501 e. The van der Waals surface area contributed by atoms with E-state index in [1.54, 1.807) is 23.1 Å². The van der Waals surface area contributed by atoms with Crippen molar-refractivity contribution >= 4 is 33.2 Å². The number of benzene rings is 1. The Morgan fingerprint density at radius 3 is 2.71 bits per heavy atom. The topological polar surface area (TPSA) is 29.9 Å².